The lowest BCUT2D eigenvalue weighted by molar-refractivity contribution is 0.0730. The fourth-order valence-corrected chi connectivity index (χ4v) is 5.30. The number of rotatable bonds is 6. The first kappa shape index (κ1) is 24.3. The fourth-order valence-electron chi connectivity index (χ4n) is 3.49. The van der Waals surface area contributed by atoms with Gasteiger partial charge in [-0.2, -0.15) is 4.31 Å². The molecular weight excluding hydrogens is 494 g/mol. The van der Waals surface area contributed by atoms with Gasteiger partial charge in [0.15, 0.2) is 10.9 Å². The molecule has 4 rings (SSSR count). The second-order valence-electron chi connectivity index (χ2n) is 7.51. The van der Waals surface area contributed by atoms with Gasteiger partial charge in [0.2, 0.25) is 10.0 Å². The normalized spacial score (nSPS) is 14.4. The molecule has 1 aliphatic heterocycles. The van der Waals surface area contributed by atoms with Crippen molar-refractivity contribution in [3.63, 3.8) is 0 Å². The Morgan fingerprint density at radius 2 is 1.62 bits per heavy atom. The summed E-state index contributed by atoms with van der Waals surface area (Å²) in [6, 6.07) is 20.2. The Hall–Kier alpha value is -2.82. The van der Waals surface area contributed by atoms with Gasteiger partial charge in [-0.1, -0.05) is 41.9 Å². The summed E-state index contributed by atoms with van der Waals surface area (Å²) in [7, 11) is -3.57. The lowest BCUT2D eigenvalue weighted by atomic mass is 10.0. The van der Waals surface area contributed by atoms with Gasteiger partial charge in [0, 0.05) is 34.9 Å². The van der Waals surface area contributed by atoms with Crippen molar-refractivity contribution in [1.82, 2.24) is 4.31 Å². The predicted molar refractivity (Wildman–Crippen MR) is 137 cm³/mol. The Labute approximate surface area is 208 Å². The van der Waals surface area contributed by atoms with Crippen LogP contribution >= 0.6 is 23.8 Å². The van der Waals surface area contributed by atoms with Crippen LogP contribution in [0.1, 0.15) is 15.9 Å². The minimum Gasteiger partial charge on any atom is -0.379 e. The number of ketones is 1. The van der Waals surface area contributed by atoms with Gasteiger partial charge in [-0.25, -0.2) is 8.42 Å². The molecule has 3 aromatic rings. The van der Waals surface area contributed by atoms with E-state index in [1.807, 2.05) is 6.07 Å². The molecule has 1 aliphatic rings. The minimum atomic E-state index is -3.57. The van der Waals surface area contributed by atoms with Gasteiger partial charge in [0.25, 0.3) is 0 Å². The number of sulfonamides is 1. The van der Waals surface area contributed by atoms with Crippen LogP contribution in [0.2, 0.25) is 5.02 Å². The number of ether oxygens (including phenoxy) is 1. The van der Waals surface area contributed by atoms with Gasteiger partial charge in [-0.3, -0.25) is 4.79 Å². The number of carbonyl (C=O) groups is 1. The Morgan fingerprint density at radius 1 is 0.941 bits per heavy atom. The third kappa shape index (κ3) is 5.63. The number of thiocarbonyl (C=S) groups is 1. The van der Waals surface area contributed by atoms with E-state index >= 15 is 0 Å². The van der Waals surface area contributed by atoms with Crippen molar-refractivity contribution in [1.29, 1.82) is 0 Å². The average Bonchev–Trinajstić information content (AvgIpc) is 2.86. The number of anilines is 2. The van der Waals surface area contributed by atoms with Crippen LogP contribution in [-0.2, 0) is 14.8 Å². The number of hydrogen-bond donors (Lipinski definition) is 2. The van der Waals surface area contributed by atoms with Crippen molar-refractivity contribution < 1.29 is 17.9 Å². The summed E-state index contributed by atoms with van der Waals surface area (Å²) in [5, 5.41) is 6.73. The Balaban J connectivity index is 1.47. The monoisotopic (exact) mass is 515 g/mol. The molecule has 0 bridgehead atoms. The maximum atomic E-state index is 13.0. The van der Waals surface area contributed by atoms with E-state index in [0.29, 0.717) is 53.8 Å². The van der Waals surface area contributed by atoms with Crippen LogP contribution in [0, 0.1) is 0 Å². The molecule has 0 amide bonds. The summed E-state index contributed by atoms with van der Waals surface area (Å²) in [5.41, 5.74) is 2.02. The number of halogens is 1. The molecule has 1 heterocycles. The zero-order valence-corrected chi connectivity index (χ0v) is 20.4. The van der Waals surface area contributed by atoms with Crippen molar-refractivity contribution in [3.8, 4) is 0 Å². The van der Waals surface area contributed by atoms with E-state index in [9.17, 15) is 13.2 Å². The molecule has 0 atom stereocenters. The van der Waals surface area contributed by atoms with Crippen LogP contribution in [0.5, 0.6) is 0 Å². The summed E-state index contributed by atoms with van der Waals surface area (Å²) in [6.07, 6.45) is 0. The first-order valence-electron chi connectivity index (χ1n) is 10.5. The molecule has 0 radical (unpaired) electrons. The van der Waals surface area contributed by atoms with Crippen molar-refractivity contribution in [2.75, 3.05) is 36.9 Å². The number of hydrogen-bond acceptors (Lipinski definition) is 5. The zero-order chi connectivity index (χ0) is 24.1. The van der Waals surface area contributed by atoms with Crippen molar-refractivity contribution in [2.24, 2.45) is 0 Å². The smallest absolute Gasteiger partial charge is 0.243 e. The highest BCUT2D eigenvalue weighted by Crippen LogP contribution is 2.25. The third-order valence-corrected chi connectivity index (χ3v) is 7.58. The number of carbonyl (C=O) groups excluding carboxylic acids is 1. The highest BCUT2D eigenvalue weighted by atomic mass is 35.5. The van der Waals surface area contributed by atoms with Crippen LogP contribution in [0.25, 0.3) is 0 Å². The molecule has 0 spiro atoms. The van der Waals surface area contributed by atoms with Gasteiger partial charge in [-0.05, 0) is 54.7 Å². The number of benzene rings is 3. The molecule has 10 heteroatoms. The minimum absolute atomic E-state index is 0.189. The van der Waals surface area contributed by atoms with Gasteiger partial charge < -0.3 is 15.4 Å². The van der Waals surface area contributed by atoms with E-state index in [1.54, 1.807) is 54.6 Å². The van der Waals surface area contributed by atoms with Crippen molar-refractivity contribution in [2.45, 2.75) is 4.90 Å². The number of nitrogens with zero attached hydrogens (tertiary/aromatic N) is 1. The molecule has 0 unspecified atom stereocenters. The third-order valence-electron chi connectivity index (χ3n) is 5.23. The molecule has 0 aliphatic carbocycles. The summed E-state index contributed by atoms with van der Waals surface area (Å²) in [4.78, 5) is 13.2. The first-order chi connectivity index (χ1) is 16.3. The van der Waals surface area contributed by atoms with E-state index in [0.717, 1.165) is 0 Å². The SMILES string of the molecule is O=C(c1ccccc1)c1cc(Cl)ccc1NC(=S)Nc1ccc(S(=O)(=O)N2CCOCC2)cc1. The van der Waals surface area contributed by atoms with E-state index in [1.165, 1.54) is 16.4 Å². The highest BCUT2D eigenvalue weighted by molar-refractivity contribution is 7.89. The average molecular weight is 516 g/mol. The maximum absolute atomic E-state index is 13.0. The Kier molecular flexibility index (Phi) is 7.60. The van der Waals surface area contributed by atoms with Gasteiger partial charge in [0.05, 0.1) is 23.8 Å². The molecule has 2 N–H and O–H groups in total. The molecule has 34 heavy (non-hydrogen) atoms. The van der Waals surface area contributed by atoms with Gasteiger partial charge in [0.1, 0.15) is 0 Å². The van der Waals surface area contributed by atoms with Crippen LogP contribution in [0.4, 0.5) is 11.4 Å². The number of morpholine rings is 1. The number of nitrogens with one attached hydrogen (secondary N) is 2. The lowest BCUT2D eigenvalue weighted by Crippen LogP contribution is -2.40. The lowest BCUT2D eigenvalue weighted by Gasteiger charge is -2.26. The molecule has 176 valence electrons. The topological polar surface area (TPSA) is 87.7 Å². The van der Waals surface area contributed by atoms with Gasteiger partial charge in [-0.15, -0.1) is 0 Å². The predicted octanol–water partition coefficient (Wildman–Crippen LogP) is 4.40. The summed E-state index contributed by atoms with van der Waals surface area (Å²) >= 11 is 11.6. The summed E-state index contributed by atoms with van der Waals surface area (Å²) < 4.78 is 32.2. The first-order valence-corrected chi connectivity index (χ1v) is 12.7. The maximum Gasteiger partial charge on any atom is 0.243 e. The quantitative estimate of drug-likeness (QED) is 0.371. The van der Waals surface area contributed by atoms with E-state index in [4.69, 9.17) is 28.6 Å². The Morgan fingerprint density at radius 3 is 2.29 bits per heavy atom. The van der Waals surface area contributed by atoms with Crippen LogP contribution in [-0.4, -0.2) is 49.9 Å². The zero-order valence-electron chi connectivity index (χ0n) is 18.0. The molecule has 0 aromatic heterocycles. The van der Waals surface area contributed by atoms with E-state index in [-0.39, 0.29) is 15.8 Å². The van der Waals surface area contributed by atoms with Gasteiger partial charge >= 0.3 is 0 Å². The molecule has 7 nitrogen and oxygen atoms in total. The molecule has 1 fully saturated rings. The van der Waals surface area contributed by atoms with Crippen LogP contribution in [0.3, 0.4) is 0 Å². The Bertz CT molecular complexity index is 1290. The largest absolute Gasteiger partial charge is 0.379 e. The summed E-state index contributed by atoms with van der Waals surface area (Å²) in [5.74, 6) is -0.189. The standard InChI is InChI=1S/C24H22ClN3O4S2/c25-18-6-11-22(21(16-18)23(29)17-4-2-1-3-5-17)27-24(33)26-19-7-9-20(10-8-19)34(30,31)28-12-14-32-15-13-28/h1-11,16H,12-15H2,(H2,26,27,33). The van der Waals surface area contributed by atoms with E-state index < -0.39 is 10.0 Å². The fraction of sp³-hybridized carbons (Fsp3) is 0.167. The second kappa shape index (κ2) is 10.6. The van der Waals surface area contributed by atoms with Crippen LogP contribution in [0.15, 0.2) is 77.7 Å². The molecule has 1 saturated heterocycles. The highest BCUT2D eigenvalue weighted by Gasteiger charge is 2.26. The van der Waals surface area contributed by atoms with Crippen LogP contribution < -0.4 is 10.6 Å². The van der Waals surface area contributed by atoms with Crippen molar-refractivity contribution >= 4 is 56.1 Å². The van der Waals surface area contributed by atoms with E-state index in [2.05, 4.69) is 10.6 Å². The molecular formula is C24H22ClN3O4S2. The molecule has 0 saturated carbocycles. The second-order valence-corrected chi connectivity index (χ2v) is 10.3. The van der Waals surface area contributed by atoms with Crippen molar-refractivity contribution in [3.05, 3.63) is 88.9 Å². The molecule has 3 aromatic carbocycles. The summed E-state index contributed by atoms with van der Waals surface area (Å²) in [6.45, 7) is 1.44.